The van der Waals surface area contributed by atoms with Crippen LogP contribution in [0.15, 0.2) is 47.1 Å². The van der Waals surface area contributed by atoms with E-state index in [0.717, 1.165) is 5.76 Å². The van der Waals surface area contributed by atoms with Crippen LogP contribution >= 0.6 is 0 Å². The fraction of sp³-hybridized carbons (Fsp3) is 0.333. The van der Waals surface area contributed by atoms with Crippen molar-refractivity contribution in [1.29, 1.82) is 0 Å². The largest absolute Gasteiger partial charge is 0.468 e. The Morgan fingerprint density at radius 2 is 2.10 bits per heavy atom. The van der Waals surface area contributed by atoms with E-state index < -0.39 is 6.10 Å². The van der Waals surface area contributed by atoms with Gasteiger partial charge in [0.2, 0.25) is 0 Å². The molecule has 4 nitrogen and oxygen atoms in total. The molecule has 0 bridgehead atoms. The second-order valence-corrected chi connectivity index (χ2v) is 4.47. The molecular formula is C15H18FNO3. The summed E-state index contributed by atoms with van der Waals surface area (Å²) in [5, 5.41) is 12.8. The van der Waals surface area contributed by atoms with Crippen LogP contribution in [0.4, 0.5) is 4.39 Å². The zero-order valence-electron chi connectivity index (χ0n) is 11.1. The first-order chi connectivity index (χ1) is 9.75. The van der Waals surface area contributed by atoms with E-state index in [-0.39, 0.29) is 19.0 Å². The molecule has 0 aliphatic carbocycles. The van der Waals surface area contributed by atoms with Gasteiger partial charge in [-0.25, -0.2) is 4.39 Å². The number of aliphatic hydroxyl groups is 1. The molecule has 1 unspecified atom stereocenters. The molecular weight excluding hydrogens is 261 g/mol. The van der Waals surface area contributed by atoms with Crippen molar-refractivity contribution in [2.45, 2.75) is 19.3 Å². The molecule has 1 atom stereocenters. The Morgan fingerprint density at radius 3 is 2.85 bits per heavy atom. The minimum Gasteiger partial charge on any atom is -0.468 e. The van der Waals surface area contributed by atoms with E-state index in [9.17, 15) is 9.50 Å². The number of furan rings is 1. The average molecular weight is 279 g/mol. The van der Waals surface area contributed by atoms with Crippen LogP contribution in [-0.2, 0) is 17.9 Å². The molecule has 1 heterocycles. The third-order valence-electron chi connectivity index (χ3n) is 2.78. The van der Waals surface area contributed by atoms with Crippen molar-refractivity contribution in [3.05, 3.63) is 59.8 Å². The molecule has 20 heavy (non-hydrogen) atoms. The van der Waals surface area contributed by atoms with E-state index in [4.69, 9.17) is 9.15 Å². The molecule has 0 spiro atoms. The van der Waals surface area contributed by atoms with Gasteiger partial charge in [0.1, 0.15) is 11.6 Å². The first kappa shape index (κ1) is 14.7. The van der Waals surface area contributed by atoms with E-state index in [1.165, 1.54) is 6.07 Å². The number of halogens is 1. The maximum Gasteiger partial charge on any atom is 0.128 e. The molecule has 2 aromatic rings. The lowest BCUT2D eigenvalue weighted by Gasteiger charge is -2.12. The van der Waals surface area contributed by atoms with Crippen LogP contribution in [0.1, 0.15) is 11.3 Å². The first-order valence-electron chi connectivity index (χ1n) is 6.48. The molecule has 0 amide bonds. The summed E-state index contributed by atoms with van der Waals surface area (Å²) >= 11 is 0. The molecule has 0 fully saturated rings. The van der Waals surface area contributed by atoms with Crippen LogP contribution in [0.5, 0.6) is 0 Å². The summed E-state index contributed by atoms with van der Waals surface area (Å²) < 4.78 is 23.8. The topological polar surface area (TPSA) is 54.6 Å². The quantitative estimate of drug-likeness (QED) is 0.777. The number of ether oxygens (including phenoxy) is 1. The van der Waals surface area contributed by atoms with Gasteiger partial charge in [-0.3, -0.25) is 0 Å². The number of hydrogen-bond donors (Lipinski definition) is 2. The third-order valence-corrected chi connectivity index (χ3v) is 2.78. The lowest BCUT2D eigenvalue weighted by Crippen LogP contribution is -2.30. The predicted molar refractivity (Wildman–Crippen MR) is 72.5 cm³/mol. The zero-order chi connectivity index (χ0) is 14.2. The molecule has 5 heteroatoms. The highest BCUT2D eigenvalue weighted by Gasteiger charge is 2.06. The SMILES string of the molecule is OC(CNCc1ccco1)COCc1ccccc1F. The molecule has 0 saturated heterocycles. The van der Waals surface area contributed by atoms with Gasteiger partial charge in [-0.1, -0.05) is 18.2 Å². The lowest BCUT2D eigenvalue weighted by atomic mass is 10.2. The monoisotopic (exact) mass is 279 g/mol. The van der Waals surface area contributed by atoms with Crippen molar-refractivity contribution in [3.63, 3.8) is 0 Å². The Bertz CT molecular complexity index is 502. The normalized spacial score (nSPS) is 12.5. The molecule has 1 aromatic carbocycles. The van der Waals surface area contributed by atoms with Gasteiger partial charge < -0.3 is 19.6 Å². The fourth-order valence-electron chi connectivity index (χ4n) is 1.75. The second kappa shape index (κ2) is 7.79. The Kier molecular flexibility index (Phi) is 5.73. The average Bonchev–Trinajstić information content (AvgIpc) is 2.94. The summed E-state index contributed by atoms with van der Waals surface area (Å²) in [7, 11) is 0. The first-order valence-corrected chi connectivity index (χ1v) is 6.48. The van der Waals surface area contributed by atoms with Crippen molar-refractivity contribution in [1.82, 2.24) is 5.32 Å². The fourth-order valence-corrected chi connectivity index (χ4v) is 1.75. The summed E-state index contributed by atoms with van der Waals surface area (Å²) in [6.45, 7) is 1.25. The van der Waals surface area contributed by atoms with Crippen LogP contribution in [0.25, 0.3) is 0 Å². The van der Waals surface area contributed by atoms with Gasteiger partial charge in [0.05, 0.1) is 32.1 Å². The van der Waals surface area contributed by atoms with Crippen molar-refractivity contribution >= 4 is 0 Å². The summed E-state index contributed by atoms with van der Waals surface area (Å²) in [6.07, 6.45) is 0.960. The summed E-state index contributed by atoms with van der Waals surface area (Å²) in [5.41, 5.74) is 0.489. The van der Waals surface area contributed by atoms with E-state index in [2.05, 4.69) is 5.32 Å². The molecule has 0 aliphatic rings. The van der Waals surface area contributed by atoms with E-state index in [1.807, 2.05) is 12.1 Å². The Labute approximate surface area is 117 Å². The predicted octanol–water partition coefficient (Wildman–Crippen LogP) is 2.09. The van der Waals surface area contributed by atoms with Gasteiger partial charge in [0.25, 0.3) is 0 Å². The van der Waals surface area contributed by atoms with E-state index >= 15 is 0 Å². The highest BCUT2D eigenvalue weighted by Crippen LogP contribution is 2.07. The molecule has 108 valence electrons. The van der Waals surface area contributed by atoms with Crippen LogP contribution in [0.3, 0.4) is 0 Å². The minimum absolute atomic E-state index is 0.152. The van der Waals surface area contributed by atoms with E-state index in [0.29, 0.717) is 18.7 Å². The lowest BCUT2D eigenvalue weighted by molar-refractivity contribution is 0.0276. The Balaban J connectivity index is 1.60. The van der Waals surface area contributed by atoms with Crippen LogP contribution < -0.4 is 5.32 Å². The van der Waals surface area contributed by atoms with Crippen molar-refractivity contribution in [2.75, 3.05) is 13.2 Å². The standard InChI is InChI=1S/C15H18FNO3/c16-15-6-2-1-4-12(15)10-19-11-13(18)8-17-9-14-5-3-7-20-14/h1-7,13,17-18H,8-11H2. The highest BCUT2D eigenvalue weighted by molar-refractivity contribution is 5.16. The molecule has 1 aromatic heterocycles. The maximum atomic E-state index is 13.3. The molecule has 2 N–H and O–H groups in total. The Morgan fingerprint density at radius 1 is 1.25 bits per heavy atom. The summed E-state index contributed by atoms with van der Waals surface area (Å²) in [4.78, 5) is 0. The summed E-state index contributed by atoms with van der Waals surface area (Å²) in [5.74, 6) is 0.516. The maximum absolute atomic E-state index is 13.3. The minimum atomic E-state index is -0.642. The number of aliphatic hydroxyl groups excluding tert-OH is 1. The third kappa shape index (κ3) is 4.77. The molecule has 0 radical (unpaired) electrons. The van der Waals surface area contributed by atoms with Gasteiger partial charge >= 0.3 is 0 Å². The molecule has 0 aliphatic heterocycles. The van der Waals surface area contributed by atoms with Crippen molar-refractivity contribution in [2.24, 2.45) is 0 Å². The molecule has 2 rings (SSSR count). The van der Waals surface area contributed by atoms with Crippen LogP contribution in [0.2, 0.25) is 0 Å². The molecule has 0 saturated carbocycles. The van der Waals surface area contributed by atoms with Gasteiger partial charge in [0, 0.05) is 12.1 Å². The van der Waals surface area contributed by atoms with Crippen LogP contribution in [-0.4, -0.2) is 24.4 Å². The number of nitrogens with one attached hydrogen (secondary N) is 1. The zero-order valence-corrected chi connectivity index (χ0v) is 11.1. The highest BCUT2D eigenvalue weighted by atomic mass is 19.1. The Hall–Kier alpha value is -1.69. The van der Waals surface area contributed by atoms with Gasteiger partial charge in [0.15, 0.2) is 0 Å². The van der Waals surface area contributed by atoms with Gasteiger partial charge in [-0.2, -0.15) is 0 Å². The van der Waals surface area contributed by atoms with E-state index in [1.54, 1.807) is 24.5 Å². The number of hydrogen-bond acceptors (Lipinski definition) is 4. The summed E-state index contributed by atoms with van der Waals surface area (Å²) in [6, 6.07) is 10.1. The smallest absolute Gasteiger partial charge is 0.128 e. The van der Waals surface area contributed by atoms with Crippen molar-refractivity contribution in [3.8, 4) is 0 Å². The second-order valence-electron chi connectivity index (χ2n) is 4.47. The van der Waals surface area contributed by atoms with Gasteiger partial charge in [-0.15, -0.1) is 0 Å². The number of benzene rings is 1. The van der Waals surface area contributed by atoms with Crippen molar-refractivity contribution < 1.29 is 18.7 Å². The van der Waals surface area contributed by atoms with Gasteiger partial charge in [-0.05, 0) is 18.2 Å². The van der Waals surface area contributed by atoms with Crippen LogP contribution in [0, 0.1) is 5.82 Å². The number of rotatable bonds is 8.